The van der Waals surface area contributed by atoms with Gasteiger partial charge >= 0.3 is 6.03 Å². The third-order valence-corrected chi connectivity index (χ3v) is 5.79. The molecule has 0 aliphatic carbocycles. The molecule has 3 fully saturated rings. The first-order chi connectivity index (χ1) is 11.3. The van der Waals surface area contributed by atoms with E-state index in [9.17, 15) is 4.79 Å². The lowest BCUT2D eigenvalue weighted by atomic mass is 9.90. The number of ether oxygens (including phenoxy) is 1. The summed E-state index contributed by atoms with van der Waals surface area (Å²) in [7, 11) is 0. The largest absolute Gasteiger partial charge is 0.381 e. The molecule has 3 heterocycles. The van der Waals surface area contributed by atoms with Gasteiger partial charge in [0.05, 0.1) is 0 Å². The minimum Gasteiger partial charge on any atom is -0.381 e. The fourth-order valence-electron chi connectivity index (χ4n) is 4.55. The molecule has 23 heavy (non-hydrogen) atoms. The molecule has 0 aromatic heterocycles. The van der Waals surface area contributed by atoms with Gasteiger partial charge in [0.2, 0.25) is 0 Å². The van der Waals surface area contributed by atoms with Gasteiger partial charge in [0.15, 0.2) is 0 Å². The van der Waals surface area contributed by atoms with Crippen molar-refractivity contribution in [2.45, 2.75) is 51.5 Å². The maximum atomic E-state index is 12.3. The predicted molar refractivity (Wildman–Crippen MR) is 91.5 cm³/mol. The third kappa shape index (κ3) is 4.18. The number of nitrogens with zero attached hydrogens (tertiary/aromatic N) is 2. The Labute approximate surface area is 140 Å². The van der Waals surface area contributed by atoms with E-state index in [1.165, 1.54) is 38.8 Å². The molecule has 3 saturated heterocycles. The second kappa shape index (κ2) is 8.34. The molecule has 3 aliphatic heterocycles. The van der Waals surface area contributed by atoms with Gasteiger partial charge in [-0.25, -0.2) is 4.79 Å². The Balaban J connectivity index is 1.33. The van der Waals surface area contributed by atoms with E-state index in [4.69, 9.17) is 4.74 Å². The topological polar surface area (TPSA) is 44.8 Å². The highest BCUT2D eigenvalue weighted by molar-refractivity contribution is 5.74. The summed E-state index contributed by atoms with van der Waals surface area (Å²) >= 11 is 0. The number of likely N-dealkylation sites (tertiary alicyclic amines) is 1. The van der Waals surface area contributed by atoms with Gasteiger partial charge in [-0.1, -0.05) is 19.8 Å². The highest BCUT2D eigenvalue weighted by Crippen LogP contribution is 2.40. The summed E-state index contributed by atoms with van der Waals surface area (Å²) in [5.74, 6) is 1.43. The molecule has 0 aromatic rings. The van der Waals surface area contributed by atoms with Crippen LogP contribution in [0.1, 0.15) is 45.4 Å². The van der Waals surface area contributed by atoms with Crippen molar-refractivity contribution < 1.29 is 9.53 Å². The van der Waals surface area contributed by atoms with Crippen LogP contribution in [0.2, 0.25) is 0 Å². The molecule has 2 amide bonds. The third-order valence-electron chi connectivity index (χ3n) is 5.79. The Bertz CT molecular complexity index is 390. The van der Waals surface area contributed by atoms with Crippen LogP contribution in [0.25, 0.3) is 0 Å². The number of hydrogen-bond donors (Lipinski definition) is 1. The zero-order valence-electron chi connectivity index (χ0n) is 14.6. The highest BCUT2D eigenvalue weighted by Gasteiger charge is 2.48. The molecule has 3 unspecified atom stereocenters. The Morgan fingerprint density at radius 3 is 2.91 bits per heavy atom. The number of hydrogen-bond acceptors (Lipinski definition) is 3. The second-order valence-electron chi connectivity index (χ2n) is 7.44. The smallest absolute Gasteiger partial charge is 0.317 e. The Morgan fingerprint density at radius 1 is 1.17 bits per heavy atom. The number of unbranched alkanes of at least 4 members (excludes halogenated alkanes) is 1. The number of amides is 2. The minimum absolute atomic E-state index is 0.135. The van der Waals surface area contributed by atoms with Gasteiger partial charge in [-0.2, -0.15) is 0 Å². The minimum atomic E-state index is 0.135. The van der Waals surface area contributed by atoms with Gasteiger partial charge < -0.3 is 15.0 Å². The predicted octanol–water partition coefficient (Wildman–Crippen LogP) is 2.32. The molecule has 3 atom stereocenters. The van der Waals surface area contributed by atoms with Crippen molar-refractivity contribution in [2.24, 2.45) is 11.8 Å². The molecule has 132 valence electrons. The molecular weight excluding hydrogens is 290 g/mol. The first-order valence-electron chi connectivity index (χ1n) is 9.64. The van der Waals surface area contributed by atoms with Crippen LogP contribution in [0.3, 0.4) is 0 Å². The van der Waals surface area contributed by atoms with Gasteiger partial charge in [-0.05, 0) is 44.1 Å². The normalized spacial score (nSPS) is 30.3. The van der Waals surface area contributed by atoms with Crippen LogP contribution >= 0.6 is 0 Å². The Hall–Kier alpha value is -0.810. The first-order valence-corrected chi connectivity index (χ1v) is 9.64. The number of nitrogens with one attached hydrogen (secondary N) is 1. The molecule has 0 bridgehead atoms. The van der Waals surface area contributed by atoms with Crippen molar-refractivity contribution in [3.05, 3.63) is 0 Å². The number of fused-ring (bicyclic) bond motifs is 3. The van der Waals surface area contributed by atoms with Crippen LogP contribution in [0, 0.1) is 11.8 Å². The average Bonchev–Trinajstić information content (AvgIpc) is 3.11. The highest BCUT2D eigenvalue weighted by atomic mass is 16.5. The van der Waals surface area contributed by atoms with E-state index in [2.05, 4.69) is 22.0 Å². The monoisotopic (exact) mass is 323 g/mol. The summed E-state index contributed by atoms with van der Waals surface area (Å²) in [5.41, 5.74) is 0. The molecule has 0 spiro atoms. The Kier molecular flexibility index (Phi) is 6.17. The molecule has 0 saturated carbocycles. The quantitative estimate of drug-likeness (QED) is 0.731. The van der Waals surface area contributed by atoms with Crippen molar-refractivity contribution >= 4 is 6.03 Å². The summed E-state index contributed by atoms with van der Waals surface area (Å²) in [6.45, 7) is 8.90. The van der Waals surface area contributed by atoms with E-state index in [1.54, 1.807) is 0 Å². The standard InChI is InChI=1S/C18H33N3O2/c1-2-3-10-23-11-6-8-19-18(22)21-13-15-12-20-9-5-4-7-17(20)16(15)14-21/h15-17H,2-14H2,1H3,(H,19,22). The molecule has 3 aliphatic rings. The molecular formula is C18H33N3O2. The van der Waals surface area contributed by atoms with Gasteiger partial charge in [0, 0.05) is 45.4 Å². The maximum absolute atomic E-state index is 12.3. The first kappa shape index (κ1) is 17.0. The number of urea groups is 1. The van der Waals surface area contributed by atoms with Crippen LogP contribution in [-0.2, 0) is 4.74 Å². The number of rotatable bonds is 7. The van der Waals surface area contributed by atoms with E-state index < -0.39 is 0 Å². The van der Waals surface area contributed by atoms with E-state index in [0.717, 1.165) is 57.6 Å². The fourth-order valence-corrected chi connectivity index (χ4v) is 4.55. The maximum Gasteiger partial charge on any atom is 0.317 e. The zero-order chi connectivity index (χ0) is 16.1. The van der Waals surface area contributed by atoms with Crippen molar-refractivity contribution in [2.75, 3.05) is 45.9 Å². The van der Waals surface area contributed by atoms with Gasteiger partial charge in [-0.15, -0.1) is 0 Å². The summed E-state index contributed by atoms with van der Waals surface area (Å²) in [6, 6.07) is 0.883. The van der Waals surface area contributed by atoms with Crippen LogP contribution in [-0.4, -0.2) is 67.8 Å². The van der Waals surface area contributed by atoms with Crippen molar-refractivity contribution in [1.29, 1.82) is 0 Å². The lowest BCUT2D eigenvalue weighted by Crippen LogP contribution is -2.44. The van der Waals surface area contributed by atoms with Gasteiger partial charge in [0.25, 0.3) is 0 Å². The number of carbonyl (C=O) groups excluding carboxylic acids is 1. The summed E-state index contributed by atoms with van der Waals surface area (Å²) in [6.07, 6.45) is 7.28. The number of carbonyl (C=O) groups is 1. The van der Waals surface area contributed by atoms with Crippen molar-refractivity contribution in [1.82, 2.24) is 15.1 Å². The average molecular weight is 323 g/mol. The molecule has 5 nitrogen and oxygen atoms in total. The number of piperidine rings is 1. The SMILES string of the molecule is CCCCOCCCNC(=O)N1CC2CN3CCCCC3C2C1. The zero-order valence-corrected chi connectivity index (χ0v) is 14.6. The molecule has 3 rings (SSSR count). The van der Waals surface area contributed by atoms with Crippen LogP contribution in [0.5, 0.6) is 0 Å². The summed E-state index contributed by atoms with van der Waals surface area (Å²) in [5, 5.41) is 3.07. The molecule has 0 aromatic carbocycles. The van der Waals surface area contributed by atoms with Crippen LogP contribution < -0.4 is 5.32 Å². The molecule has 5 heteroatoms. The van der Waals surface area contributed by atoms with E-state index in [0.29, 0.717) is 5.92 Å². The molecule has 0 radical (unpaired) electrons. The lowest BCUT2D eigenvalue weighted by molar-refractivity contribution is 0.128. The van der Waals surface area contributed by atoms with E-state index in [1.807, 2.05) is 0 Å². The summed E-state index contributed by atoms with van der Waals surface area (Å²) in [4.78, 5) is 17.1. The van der Waals surface area contributed by atoms with Gasteiger partial charge in [-0.3, -0.25) is 4.90 Å². The van der Waals surface area contributed by atoms with Crippen molar-refractivity contribution in [3.8, 4) is 0 Å². The van der Waals surface area contributed by atoms with Crippen molar-refractivity contribution in [3.63, 3.8) is 0 Å². The fraction of sp³-hybridized carbons (Fsp3) is 0.944. The van der Waals surface area contributed by atoms with E-state index >= 15 is 0 Å². The summed E-state index contributed by atoms with van der Waals surface area (Å²) < 4.78 is 5.53. The molecule has 1 N–H and O–H groups in total. The second-order valence-corrected chi connectivity index (χ2v) is 7.44. The van der Waals surface area contributed by atoms with Gasteiger partial charge in [0.1, 0.15) is 0 Å². The van der Waals surface area contributed by atoms with Crippen LogP contribution in [0.15, 0.2) is 0 Å². The lowest BCUT2D eigenvalue weighted by Gasteiger charge is -2.33. The van der Waals surface area contributed by atoms with E-state index in [-0.39, 0.29) is 6.03 Å². The Morgan fingerprint density at radius 2 is 2.04 bits per heavy atom. The van der Waals surface area contributed by atoms with Crippen LogP contribution in [0.4, 0.5) is 4.79 Å².